The van der Waals surface area contributed by atoms with Gasteiger partial charge >= 0.3 is 5.97 Å². The summed E-state index contributed by atoms with van der Waals surface area (Å²) in [5.74, 6) is 1.02. The van der Waals surface area contributed by atoms with Crippen LogP contribution < -0.4 is 24.4 Å². The number of esters is 1. The Balaban J connectivity index is 1.15. The van der Waals surface area contributed by atoms with Crippen LogP contribution in [0.15, 0.2) is 108 Å². The predicted molar refractivity (Wildman–Crippen MR) is 159 cm³/mol. The van der Waals surface area contributed by atoms with Crippen LogP contribution in [0.1, 0.15) is 31.8 Å². The molecule has 9 heteroatoms. The number of hydrazone groups is 1. The molecule has 0 unspecified atom stereocenters. The Bertz CT molecular complexity index is 1730. The van der Waals surface area contributed by atoms with E-state index in [2.05, 4.69) is 15.5 Å². The average Bonchev–Trinajstić information content (AvgIpc) is 3.04. The first kappa shape index (κ1) is 27.9. The number of nitrogens with zero attached hydrogens (tertiary/aromatic N) is 2. The van der Waals surface area contributed by atoms with Crippen molar-refractivity contribution >= 4 is 29.0 Å². The third kappa shape index (κ3) is 6.71. The Labute approximate surface area is 242 Å². The van der Waals surface area contributed by atoms with Crippen molar-refractivity contribution in [3.05, 3.63) is 126 Å². The molecule has 9 nitrogen and oxygen atoms in total. The second kappa shape index (κ2) is 13.1. The van der Waals surface area contributed by atoms with Gasteiger partial charge < -0.3 is 18.9 Å². The molecule has 0 bridgehead atoms. The lowest BCUT2D eigenvalue weighted by Gasteiger charge is -2.10. The number of nitrogens with one attached hydrogen (secondary N) is 1. The fourth-order valence-electron chi connectivity index (χ4n) is 4.07. The Morgan fingerprint density at radius 3 is 2.33 bits per heavy atom. The molecule has 0 saturated heterocycles. The molecule has 5 aromatic rings. The largest absolute Gasteiger partial charge is 0.497 e. The monoisotopic (exact) mass is 561 g/mol. The number of carbonyl (C=O) groups excluding carboxylic acids is 2. The minimum atomic E-state index is -0.534. The number of aromatic nitrogens is 1. The molecule has 0 atom stereocenters. The molecule has 1 amide bonds. The first-order valence-corrected chi connectivity index (χ1v) is 13.0. The maximum absolute atomic E-state index is 12.6. The normalized spacial score (nSPS) is 10.8. The lowest BCUT2D eigenvalue weighted by atomic mass is 10.1. The van der Waals surface area contributed by atoms with E-state index in [1.807, 2.05) is 42.5 Å². The van der Waals surface area contributed by atoms with Crippen molar-refractivity contribution in [3.8, 4) is 23.0 Å². The molecule has 0 aliphatic carbocycles. The van der Waals surface area contributed by atoms with Crippen LogP contribution >= 0.6 is 0 Å². The van der Waals surface area contributed by atoms with Gasteiger partial charge in [-0.15, -0.1) is 0 Å². The summed E-state index contributed by atoms with van der Waals surface area (Å²) in [5, 5.41) is 5.05. The second-order valence-electron chi connectivity index (χ2n) is 9.04. The molecule has 0 aliphatic heterocycles. The van der Waals surface area contributed by atoms with Crippen LogP contribution in [0, 0.1) is 0 Å². The molecule has 0 saturated carbocycles. The number of benzene rings is 4. The van der Waals surface area contributed by atoms with Gasteiger partial charge in [0, 0.05) is 17.1 Å². The van der Waals surface area contributed by atoms with Gasteiger partial charge in [0.2, 0.25) is 0 Å². The highest BCUT2D eigenvalue weighted by atomic mass is 16.6. The van der Waals surface area contributed by atoms with E-state index in [0.717, 1.165) is 16.5 Å². The molecular formula is C33H27N3O6. The number of amides is 1. The van der Waals surface area contributed by atoms with Crippen LogP contribution in [0.2, 0.25) is 0 Å². The Kier molecular flexibility index (Phi) is 8.69. The molecule has 4 aromatic carbocycles. The number of hydrogen-bond donors (Lipinski definition) is 1. The van der Waals surface area contributed by atoms with Gasteiger partial charge in [0.25, 0.3) is 5.91 Å². The minimum absolute atomic E-state index is 0.250. The summed E-state index contributed by atoms with van der Waals surface area (Å²) in [7, 11) is 3.02. The van der Waals surface area contributed by atoms with Gasteiger partial charge in [0.05, 0.1) is 26.0 Å². The molecule has 210 valence electrons. The standard InChI is InChI=1S/C33H27N3O6/c1-39-27-15-13-26(14-16-27)33(38)42-28-17-10-23(19-30(28)40-2)20-35-36-32(37)25-11-8-22(9-12-25)21-41-29-7-3-5-24-6-4-18-34-31(24)29/h3-20H,21H2,1-2H3,(H,36,37)/b35-20-. The molecular weight excluding hydrogens is 534 g/mol. The van der Waals surface area contributed by atoms with Crippen molar-refractivity contribution in [1.29, 1.82) is 0 Å². The first-order valence-electron chi connectivity index (χ1n) is 13.0. The van der Waals surface area contributed by atoms with E-state index in [1.54, 1.807) is 67.9 Å². The second-order valence-corrected chi connectivity index (χ2v) is 9.04. The minimum Gasteiger partial charge on any atom is -0.497 e. The van der Waals surface area contributed by atoms with E-state index >= 15 is 0 Å². The molecule has 0 aliphatic rings. The highest BCUT2D eigenvalue weighted by Crippen LogP contribution is 2.29. The number of methoxy groups -OCH3 is 2. The van der Waals surface area contributed by atoms with Gasteiger partial charge in [0.1, 0.15) is 23.6 Å². The van der Waals surface area contributed by atoms with Crippen molar-refractivity contribution in [2.75, 3.05) is 14.2 Å². The maximum Gasteiger partial charge on any atom is 0.343 e. The number of fused-ring (bicyclic) bond motifs is 1. The smallest absolute Gasteiger partial charge is 0.343 e. The van der Waals surface area contributed by atoms with Crippen LogP contribution in [0.5, 0.6) is 23.0 Å². The molecule has 1 heterocycles. The number of carbonyl (C=O) groups is 2. The molecule has 42 heavy (non-hydrogen) atoms. The number of para-hydroxylation sites is 1. The van der Waals surface area contributed by atoms with Gasteiger partial charge in [-0.3, -0.25) is 9.78 Å². The van der Waals surface area contributed by atoms with Crippen LogP contribution in [-0.2, 0) is 6.61 Å². The summed E-state index contributed by atoms with van der Waals surface area (Å²) in [5.41, 5.74) is 5.67. The lowest BCUT2D eigenvalue weighted by Crippen LogP contribution is -2.17. The van der Waals surface area contributed by atoms with Gasteiger partial charge in [-0.05, 0) is 77.9 Å². The highest BCUT2D eigenvalue weighted by molar-refractivity contribution is 5.95. The summed E-state index contributed by atoms with van der Waals surface area (Å²) in [4.78, 5) is 29.5. The summed E-state index contributed by atoms with van der Waals surface area (Å²) < 4.78 is 21.9. The predicted octanol–water partition coefficient (Wildman–Crippen LogP) is 5.81. The molecule has 0 fully saturated rings. The first-order chi connectivity index (χ1) is 20.5. The van der Waals surface area contributed by atoms with Crippen molar-refractivity contribution in [2.45, 2.75) is 6.61 Å². The zero-order valence-electron chi connectivity index (χ0n) is 22.9. The fraction of sp³-hybridized carbons (Fsp3) is 0.0909. The van der Waals surface area contributed by atoms with Crippen LogP contribution in [0.3, 0.4) is 0 Å². The molecule has 1 N–H and O–H groups in total. The van der Waals surface area contributed by atoms with E-state index in [1.165, 1.54) is 13.3 Å². The third-order valence-corrected chi connectivity index (χ3v) is 6.30. The van der Waals surface area contributed by atoms with Crippen LogP contribution in [0.4, 0.5) is 0 Å². The SMILES string of the molecule is COc1ccc(C(=O)Oc2ccc(/C=N\NC(=O)c3ccc(COc4cccc5cccnc45)cc3)cc2OC)cc1. The Morgan fingerprint density at radius 1 is 0.810 bits per heavy atom. The van der Waals surface area contributed by atoms with E-state index < -0.39 is 5.97 Å². The van der Waals surface area contributed by atoms with Crippen LogP contribution in [-0.4, -0.2) is 37.3 Å². The third-order valence-electron chi connectivity index (χ3n) is 6.30. The molecule has 5 rings (SSSR count). The molecule has 0 spiro atoms. The van der Waals surface area contributed by atoms with Crippen molar-refractivity contribution in [3.63, 3.8) is 0 Å². The quantitative estimate of drug-likeness (QED) is 0.0992. The zero-order valence-corrected chi connectivity index (χ0v) is 22.9. The van der Waals surface area contributed by atoms with E-state index in [-0.39, 0.29) is 11.7 Å². The summed E-state index contributed by atoms with van der Waals surface area (Å²) in [6, 6.07) is 28.2. The Hall–Kier alpha value is -5.70. The topological polar surface area (TPSA) is 108 Å². The number of ether oxygens (including phenoxy) is 4. The molecule has 1 aromatic heterocycles. The highest BCUT2D eigenvalue weighted by Gasteiger charge is 2.13. The fourth-order valence-corrected chi connectivity index (χ4v) is 4.07. The van der Waals surface area contributed by atoms with Crippen molar-refractivity contribution in [2.24, 2.45) is 5.10 Å². The average molecular weight is 562 g/mol. The van der Waals surface area contributed by atoms with Gasteiger partial charge in [-0.1, -0.05) is 30.3 Å². The summed E-state index contributed by atoms with van der Waals surface area (Å²) in [6.07, 6.45) is 3.20. The van der Waals surface area contributed by atoms with Gasteiger partial charge in [-0.2, -0.15) is 5.10 Å². The summed E-state index contributed by atoms with van der Waals surface area (Å²) in [6.45, 7) is 0.336. The lowest BCUT2D eigenvalue weighted by molar-refractivity contribution is 0.0729. The van der Waals surface area contributed by atoms with Crippen molar-refractivity contribution in [1.82, 2.24) is 10.4 Å². The Morgan fingerprint density at radius 2 is 1.57 bits per heavy atom. The van der Waals surface area contributed by atoms with Crippen LogP contribution in [0.25, 0.3) is 10.9 Å². The van der Waals surface area contributed by atoms with Crippen molar-refractivity contribution < 1.29 is 28.5 Å². The number of pyridine rings is 1. The maximum atomic E-state index is 12.6. The summed E-state index contributed by atoms with van der Waals surface area (Å²) >= 11 is 0. The number of rotatable bonds is 10. The van der Waals surface area contributed by atoms with Gasteiger partial charge in [-0.25, -0.2) is 10.2 Å². The molecule has 0 radical (unpaired) electrons. The number of hydrogen-bond acceptors (Lipinski definition) is 8. The van der Waals surface area contributed by atoms with E-state index in [4.69, 9.17) is 18.9 Å². The van der Waals surface area contributed by atoms with E-state index in [0.29, 0.717) is 40.5 Å². The van der Waals surface area contributed by atoms with Gasteiger partial charge in [0.15, 0.2) is 11.5 Å². The zero-order chi connectivity index (χ0) is 29.3. The van der Waals surface area contributed by atoms with E-state index in [9.17, 15) is 9.59 Å².